The largest absolute Gasteiger partial charge is 0.325 e. The van der Waals surface area contributed by atoms with Crippen LogP contribution in [0.3, 0.4) is 0 Å². The third kappa shape index (κ3) is 5.20. The molecule has 28 heavy (non-hydrogen) atoms. The number of aromatic amines is 1. The van der Waals surface area contributed by atoms with Gasteiger partial charge in [-0.2, -0.15) is 0 Å². The van der Waals surface area contributed by atoms with Crippen molar-refractivity contribution in [2.75, 3.05) is 16.4 Å². The summed E-state index contributed by atoms with van der Waals surface area (Å²) in [6, 6.07) is 14.5. The van der Waals surface area contributed by atoms with E-state index in [1.54, 1.807) is 24.3 Å². The number of carbonyl (C=O) groups is 2. The molecule has 0 radical (unpaired) electrons. The molecule has 0 aliphatic carbocycles. The van der Waals surface area contributed by atoms with E-state index in [1.807, 2.05) is 38.1 Å². The van der Waals surface area contributed by atoms with Gasteiger partial charge in [0.15, 0.2) is 0 Å². The highest BCUT2D eigenvalue weighted by Crippen LogP contribution is 2.19. The first-order valence-corrected chi connectivity index (χ1v) is 9.84. The van der Waals surface area contributed by atoms with Crippen LogP contribution >= 0.6 is 11.8 Å². The first-order valence-electron chi connectivity index (χ1n) is 8.86. The normalized spacial score (nSPS) is 10.5. The number of nitrogens with zero attached hydrogens (tertiary/aromatic N) is 2. The molecule has 7 nitrogen and oxygen atoms in total. The van der Waals surface area contributed by atoms with Crippen LogP contribution in [-0.2, 0) is 11.2 Å². The average Bonchev–Trinajstić information content (AvgIpc) is 3.15. The Kier molecular flexibility index (Phi) is 6.44. The molecule has 0 unspecified atom stereocenters. The highest BCUT2D eigenvalue weighted by molar-refractivity contribution is 7.99. The van der Waals surface area contributed by atoms with Gasteiger partial charge in [-0.25, -0.2) is 4.98 Å². The molecule has 0 aliphatic heterocycles. The molecule has 8 heteroatoms. The summed E-state index contributed by atoms with van der Waals surface area (Å²) in [6.07, 6.45) is 0.753. The van der Waals surface area contributed by atoms with E-state index in [0.717, 1.165) is 17.8 Å². The minimum atomic E-state index is -0.282. The molecule has 0 fully saturated rings. The SMILES string of the molecule is CCc1nc(SCC(=O)Nc2ccccc2C(=O)Nc2cccc(C)c2)n[nH]1. The second kappa shape index (κ2) is 9.18. The molecule has 1 aromatic heterocycles. The fraction of sp³-hybridized carbons (Fsp3) is 0.200. The number of amides is 2. The van der Waals surface area contributed by atoms with E-state index in [0.29, 0.717) is 22.1 Å². The molecule has 1 heterocycles. The molecule has 0 bridgehead atoms. The molecule has 3 N–H and O–H groups in total. The Morgan fingerprint density at radius 3 is 2.68 bits per heavy atom. The topological polar surface area (TPSA) is 99.8 Å². The smallest absolute Gasteiger partial charge is 0.257 e. The van der Waals surface area contributed by atoms with Crippen molar-refractivity contribution in [2.45, 2.75) is 25.4 Å². The predicted molar refractivity (Wildman–Crippen MR) is 111 cm³/mol. The number of thioether (sulfide) groups is 1. The number of hydrogen-bond acceptors (Lipinski definition) is 5. The number of carbonyl (C=O) groups excluding carboxylic acids is 2. The standard InChI is InChI=1S/C20H21N5O2S/c1-3-17-23-20(25-24-17)28-12-18(26)22-16-10-5-4-9-15(16)19(27)21-14-8-6-7-13(2)11-14/h4-11H,3,12H2,1-2H3,(H,21,27)(H,22,26)(H,23,24,25). The lowest BCUT2D eigenvalue weighted by atomic mass is 10.1. The van der Waals surface area contributed by atoms with E-state index in [1.165, 1.54) is 11.8 Å². The van der Waals surface area contributed by atoms with Crippen molar-refractivity contribution in [2.24, 2.45) is 0 Å². The second-order valence-corrected chi connectivity index (χ2v) is 7.07. The summed E-state index contributed by atoms with van der Waals surface area (Å²) >= 11 is 1.24. The van der Waals surface area contributed by atoms with Gasteiger partial charge < -0.3 is 10.6 Å². The average molecular weight is 395 g/mol. The summed E-state index contributed by atoms with van der Waals surface area (Å²) < 4.78 is 0. The highest BCUT2D eigenvalue weighted by Gasteiger charge is 2.14. The maximum Gasteiger partial charge on any atom is 0.257 e. The Bertz CT molecular complexity index is 986. The van der Waals surface area contributed by atoms with E-state index in [9.17, 15) is 9.59 Å². The van der Waals surface area contributed by atoms with Crippen molar-refractivity contribution >= 4 is 35.0 Å². The molecule has 2 aromatic carbocycles. The highest BCUT2D eigenvalue weighted by atomic mass is 32.2. The molecule has 2 amide bonds. The summed E-state index contributed by atoms with van der Waals surface area (Å²) in [5, 5.41) is 13.0. The van der Waals surface area contributed by atoms with Gasteiger partial charge in [0, 0.05) is 12.1 Å². The Labute approximate surface area is 167 Å². The van der Waals surface area contributed by atoms with Crippen LogP contribution in [0.25, 0.3) is 0 Å². The van der Waals surface area contributed by atoms with Gasteiger partial charge >= 0.3 is 0 Å². The van der Waals surface area contributed by atoms with Gasteiger partial charge in [0.05, 0.1) is 17.0 Å². The lowest BCUT2D eigenvalue weighted by Gasteiger charge is -2.11. The summed E-state index contributed by atoms with van der Waals surface area (Å²) in [5.74, 6) is 0.412. The van der Waals surface area contributed by atoms with Gasteiger partial charge in [-0.1, -0.05) is 43.0 Å². The summed E-state index contributed by atoms with van der Waals surface area (Å²) in [6.45, 7) is 3.93. The fourth-order valence-corrected chi connectivity index (χ4v) is 3.15. The van der Waals surface area contributed by atoms with E-state index in [-0.39, 0.29) is 17.6 Å². The number of anilines is 2. The van der Waals surface area contributed by atoms with E-state index in [4.69, 9.17) is 0 Å². The zero-order valence-corrected chi connectivity index (χ0v) is 16.5. The minimum Gasteiger partial charge on any atom is -0.325 e. The van der Waals surface area contributed by atoms with E-state index < -0.39 is 0 Å². The number of nitrogens with one attached hydrogen (secondary N) is 3. The van der Waals surface area contributed by atoms with Crippen molar-refractivity contribution in [1.29, 1.82) is 0 Å². The van der Waals surface area contributed by atoms with E-state index in [2.05, 4.69) is 25.8 Å². The molecule has 3 rings (SSSR count). The molecule has 0 atom stereocenters. The van der Waals surface area contributed by atoms with Crippen molar-refractivity contribution in [3.05, 3.63) is 65.5 Å². The maximum absolute atomic E-state index is 12.7. The summed E-state index contributed by atoms with van der Waals surface area (Å²) in [4.78, 5) is 29.2. The molecule has 0 saturated heterocycles. The quantitative estimate of drug-likeness (QED) is 0.530. The van der Waals surface area contributed by atoms with Crippen molar-refractivity contribution in [1.82, 2.24) is 15.2 Å². The van der Waals surface area contributed by atoms with Gasteiger partial charge in [0.25, 0.3) is 5.91 Å². The first kappa shape index (κ1) is 19.6. The van der Waals surface area contributed by atoms with Crippen LogP contribution in [0.2, 0.25) is 0 Å². The lowest BCUT2D eigenvalue weighted by molar-refractivity contribution is -0.113. The van der Waals surface area contributed by atoms with E-state index >= 15 is 0 Å². The molecule has 0 aliphatic rings. The number of aromatic nitrogens is 3. The monoisotopic (exact) mass is 395 g/mol. The van der Waals surface area contributed by atoms with Crippen LogP contribution < -0.4 is 10.6 Å². The summed E-state index contributed by atoms with van der Waals surface area (Å²) in [5.41, 5.74) is 2.61. The van der Waals surface area contributed by atoms with Crippen molar-refractivity contribution < 1.29 is 9.59 Å². The molecule has 144 valence electrons. The van der Waals surface area contributed by atoms with Gasteiger partial charge in [-0.3, -0.25) is 14.7 Å². The Balaban J connectivity index is 1.64. The van der Waals surface area contributed by atoms with Crippen LogP contribution in [0.1, 0.15) is 28.7 Å². The Hall–Kier alpha value is -3.13. The van der Waals surface area contributed by atoms with Crippen LogP contribution in [-0.4, -0.2) is 32.7 Å². The first-order chi connectivity index (χ1) is 13.5. The number of hydrogen-bond donors (Lipinski definition) is 3. The maximum atomic E-state index is 12.7. The lowest BCUT2D eigenvalue weighted by Crippen LogP contribution is -2.19. The Morgan fingerprint density at radius 1 is 1.11 bits per heavy atom. The molecular weight excluding hydrogens is 374 g/mol. The van der Waals surface area contributed by atoms with Gasteiger partial charge in [-0.15, -0.1) is 5.10 Å². The molecule has 3 aromatic rings. The number of H-pyrrole nitrogens is 1. The van der Waals surface area contributed by atoms with Crippen molar-refractivity contribution in [3.8, 4) is 0 Å². The number of para-hydroxylation sites is 1. The fourth-order valence-electron chi connectivity index (χ4n) is 2.53. The second-order valence-electron chi connectivity index (χ2n) is 6.12. The molecule has 0 spiro atoms. The molecule has 0 saturated carbocycles. The molecular formula is C20H21N5O2S. The number of aryl methyl sites for hydroxylation is 2. The van der Waals surface area contributed by atoms with Gasteiger partial charge in [0.2, 0.25) is 11.1 Å². The Morgan fingerprint density at radius 2 is 1.93 bits per heavy atom. The third-order valence-corrected chi connectivity index (χ3v) is 4.75. The van der Waals surface area contributed by atoms with Crippen LogP contribution in [0.5, 0.6) is 0 Å². The van der Waals surface area contributed by atoms with Crippen molar-refractivity contribution in [3.63, 3.8) is 0 Å². The number of benzene rings is 2. The van der Waals surface area contributed by atoms with Crippen LogP contribution in [0.4, 0.5) is 11.4 Å². The zero-order chi connectivity index (χ0) is 19.9. The minimum absolute atomic E-state index is 0.148. The third-order valence-electron chi connectivity index (χ3n) is 3.90. The van der Waals surface area contributed by atoms with Crippen LogP contribution in [0, 0.1) is 6.92 Å². The van der Waals surface area contributed by atoms with Crippen LogP contribution in [0.15, 0.2) is 53.7 Å². The number of rotatable bonds is 7. The summed E-state index contributed by atoms with van der Waals surface area (Å²) in [7, 11) is 0. The van der Waals surface area contributed by atoms with Gasteiger partial charge in [-0.05, 0) is 36.8 Å². The zero-order valence-electron chi connectivity index (χ0n) is 15.7. The predicted octanol–water partition coefficient (Wildman–Crippen LogP) is 3.66. The van der Waals surface area contributed by atoms with Gasteiger partial charge in [0.1, 0.15) is 5.82 Å².